The lowest BCUT2D eigenvalue weighted by atomic mass is 10.1. The van der Waals surface area contributed by atoms with E-state index in [4.69, 9.17) is 27.9 Å². The Hall–Kier alpha value is -1.01. The summed E-state index contributed by atoms with van der Waals surface area (Å²) < 4.78 is 9.78. The van der Waals surface area contributed by atoms with Gasteiger partial charge in [0.1, 0.15) is 0 Å². The molecule has 1 aromatic rings. The summed E-state index contributed by atoms with van der Waals surface area (Å²) in [5, 5.41) is 7.08. The molecule has 0 radical (unpaired) electrons. The Bertz CT molecular complexity index is 403. The second kappa shape index (κ2) is 10.7. The van der Waals surface area contributed by atoms with Crippen molar-refractivity contribution in [3.05, 3.63) is 34.3 Å². The predicted molar refractivity (Wildman–Crippen MR) is 84.0 cm³/mol. The van der Waals surface area contributed by atoms with Crippen LogP contribution in [0.4, 0.5) is 4.79 Å². The predicted octanol–water partition coefficient (Wildman–Crippen LogP) is 2.57. The number of nitrogens with one attached hydrogen (secondary N) is 2. The molecular formula is C14H20Cl2N2O3. The van der Waals surface area contributed by atoms with E-state index in [1.54, 1.807) is 12.1 Å². The van der Waals surface area contributed by atoms with Crippen molar-refractivity contribution >= 4 is 29.3 Å². The summed E-state index contributed by atoms with van der Waals surface area (Å²) >= 11 is 11.2. The first kappa shape index (κ1) is 18.0. The van der Waals surface area contributed by atoms with E-state index in [-0.39, 0.29) is 6.09 Å². The van der Waals surface area contributed by atoms with Gasteiger partial charge in [0.25, 0.3) is 0 Å². The lowest BCUT2D eigenvalue weighted by molar-refractivity contribution is 0.120. The first-order chi connectivity index (χ1) is 10.1. The maximum Gasteiger partial charge on any atom is 0.406 e. The average molecular weight is 335 g/mol. The molecule has 0 aromatic heterocycles. The SMILES string of the molecule is COC(=O)NCC1CNCCOC1.Clc1ccccc1Cl. The van der Waals surface area contributed by atoms with Gasteiger partial charge in [0.2, 0.25) is 0 Å². The van der Waals surface area contributed by atoms with Gasteiger partial charge >= 0.3 is 6.09 Å². The molecule has 1 aliphatic heterocycles. The summed E-state index contributed by atoms with van der Waals surface area (Å²) in [6.45, 7) is 3.80. The van der Waals surface area contributed by atoms with Crippen molar-refractivity contribution in [1.82, 2.24) is 10.6 Å². The van der Waals surface area contributed by atoms with Crippen molar-refractivity contribution in [2.75, 3.05) is 40.0 Å². The Morgan fingerprint density at radius 3 is 2.67 bits per heavy atom. The number of halogens is 2. The summed E-state index contributed by atoms with van der Waals surface area (Å²) in [7, 11) is 1.36. The molecule has 1 heterocycles. The molecule has 118 valence electrons. The largest absolute Gasteiger partial charge is 0.453 e. The molecule has 0 bridgehead atoms. The maximum atomic E-state index is 10.7. The zero-order valence-electron chi connectivity index (χ0n) is 11.9. The highest BCUT2D eigenvalue weighted by Crippen LogP contribution is 2.19. The molecule has 1 aliphatic rings. The number of hydrogen-bond donors (Lipinski definition) is 2. The van der Waals surface area contributed by atoms with E-state index in [1.165, 1.54) is 7.11 Å². The van der Waals surface area contributed by atoms with Crippen molar-refractivity contribution in [3.8, 4) is 0 Å². The number of ether oxygens (including phenoxy) is 2. The van der Waals surface area contributed by atoms with Gasteiger partial charge in [-0.05, 0) is 12.1 Å². The van der Waals surface area contributed by atoms with E-state index in [9.17, 15) is 4.79 Å². The molecular weight excluding hydrogens is 315 g/mol. The van der Waals surface area contributed by atoms with E-state index in [1.807, 2.05) is 12.1 Å². The number of methoxy groups -OCH3 is 1. The molecule has 2 rings (SSSR count). The van der Waals surface area contributed by atoms with Gasteiger partial charge in [-0.15, -0.1) is 0 Å². The molecule has 5 nitrogen and oxygen atoms in total. The van der Waals surface area contributed by atoms with Gasteiger partial charge in [-0.2, -0.15) is 0 Å². The highest BCUT2D eigenvalue weighted by atomic mass is 35.5. The second-order valence-corrected chi connectivity index (χ2v) is 5.25. The van der Waals surface area contributed by atoms with Crippen molar-refractivity contribution in [1.29, 1.82) is 0 Å². The number of amides is 1. The van der Waals surface area contributed by atoms with Gasteiger partial charge in [-0.1, -0.05) is 35.3 Å². The fraction of sp³-hybridized carbons (Fsp3) is 0.500. The highest BCUT2D eigenvalue weighted by molar-refractivity contribution is 6.41. The second-order valence-electron chi connectivity index (χ2n) is 4.43. The Morgan fingerprint density at radius 2 is 2.10 bits per heavy atom. The molecule has 7 heteroatoms. The van der Waals surface area contributed by atoms with Gasteiger partial charge in [-0.25, -0.2) is 4.79 Å². The van der Waals surface area contributed by atoms with Crippen LogP contribution in [0.3, 0.4) is 0 Å². The minimum Gasteiger partial charge on any atom is -0.453 e. The molecule has 21 heavy (non-hydrogen) atoms. The van der Waals surface area contributed by atoms with Gasteiger partial charge in [0.05, 0.1) is 30.4 Å². The van der Waals surface area contributed by atoms with Crippen LogP contribution in [0.25, 0.3) is 0 Å². The number of alkyl carbamates (subject to hydrolysis) is 1. The van der Waals surface area contributed by atoms with Crippen LogP contribution in [0, 0.1) is 5.92 Å². The van der Waals surface area contributed by atoms with E-state index < -0.39 is 0 Å². The van der Waals surface area contributed by atoms with Crippen LogP contribution >= 0.6 is 23.2 Å². The lowest BCUT2D eigenvalue weighted by Crippen LogP contribution is -2.35. The zero-order chi connectivity index (χ0) is 15.5. The van der Waals surface area contributed by atoms with Crippen molar-refractivity contribution in [2.24, 2.45) is 5.92 Å². The first-order valence-electron chi connectivity index (χ1n) is 6.63. The molecule has 2 N–H and O–H groups in total. The molecule has 0 saturated carbocycles. The summed E-state index contributed by atoms with van der Waals surface area (Å²) in [5.74, 6) is 0.335. The van der Waals surface area contributed by atoms with Crippen molar-refractivity contribution < 1.29 is 14.3 Å². The highest BCUT2D eigenvalue weighted by Gasteiger charge is 2.12. The third kappa shape index (κ3) is 8.12. The fourth-order valence-corrected chi connectivity index (χ4v) is 1.90. The quantitative estimate of drug-likeness (QED) is 0.872. The van der Waals surface area contributed by atoms with Crippen LogP contribution in [0.1, 0.15) is 0 Å². The first-order valence-corrected chi connectivity index (χ1v) is 7.39. The number of rotatable bonds is 2. The monoisotopic (exact) mass is 334 g/mol. The third-order valence-electron chi connectivity index (χ3n) is 2.75. The molecule has 0 aliphatic carbocycles. The topological polar surface area (TPSA) is 59.6 Å². The van der Waals surface area contributed by atoms with E-state index in [0.29, 0.717) is 29.1 Å². The normalized spacial score (nSPS) is 18.0. The molecule has 1 amide bonds. The Balaban J connectivity index is 0.000000235. The minimum absolute atomic E-state index is 0.335. The van der Waals surface area contributed by atoms with Crippen LogP contribution in [-0.2, 0) is 9.47 Å². The summed E-state index contributed by atoms with van der Waals surface area (Å²) in [5.41, 5.74) is 0. The Labute approximate surface area is 134 Å². The summed E-state index contributed by atoms with van der Waals surface area (Å²) in [6, 6.07) is 7.19. The van der Waals surface area contributed by atoms with E-state index >= 15 is 0 Å². The number of carbonyl (C=O) groups excluding carboxylic acids is 1. The van der Waals surface area contributed by atoms with Crippen LogP contribution in [0.2, 0.25) is 10.0 Å². The zero-order valence-corrected chi connectivity index (χ0v) is 13.4. The van der Waals surface area contributed by atoms with Gasteiger partial charge in [0.15, 0.2) is 0 Å². The maximum absolute atomic E-state index is 10.7. The molecule has 1 unspecified atom stereocenters. The average Bonchev–Trinajstić information content (AvgIpc) is 2.77. The Morgan fingerprint density at radius 1 is 1.43 bits per heavy atom. The summed E-state index contributed by atoms with van der Waals surface area (Å²) in [4.78, 5) is 10.7. The van der Waals surface area contributed by atoms with E-state index in [0.717, 1.165) is 19.7 Å². The summed E-state index contributed by atoms with van der Waals surface area (Å²) in [6.07, 6.45) is -0.385. The van der Waals surface area contributed by atoms with Crippen LogP contribution in [0.5, 0.6) is 0 Å². The third-order valence-corrected chi connectivity index (χ3v) is 3.51. The molecule has 1 saturated heterocycles. The Kier molecular flexibility index (Phi) is 9.17. The van der Waals surface area contributed by atoms with Gasteiger partial charge in [-0.3, -0.25) is 0 Å². The van der Waals surface area contributed by atoms with Crippen molar-refractivity contribution in [2.45, 2.75) is 0 Å². The van der Waals surface area contributed by atoms with Crippen molar-refractivity contribution in [3.63, 3.8) is 0 Å². The lowest BCUT2D eigenvalue weighted by Gasteiger charge is -2.13. The number of carbonyl (C=O) groups is 1. The van der Waals surface area contributed by atoms with Crippen LogP contribution in [-0.4, -0.2) is 46.1 Å². The molecule has 1 aromatic carbocycles. The van der Waals surface area contributed by atoms with Crippen LogP contribution < -0.4 is 10.6 Å². The standard InChI is InChI=1S/C8H16N2O3.C6H4Cl2/c1-12-8(11)10-5-7-4-9-2-3-13-6-7;7-5-3-1-2-4-6(5)8/h7,9H,2-6H2,1H3,(H,10,11);1-4H. The smallest absolute Gasteiger partial charge is 0.406 e. The number of benzene rings is 1. The minimum atomic E-state index is -0.385. The van der Waals surface area contributed by atoms with Gasteiger partial charge < -0.3 is 20.1 Å². The molecule has 1 atom stereocenters. The van der Waals surface area contributed by atoms with Gasteiger partial charge in [0, 0.05) is 25.6 Å². The van der Waals surface area contributed by atoms with Crippen LogP contribution in [0.15, 0.2) is 24.3 Å². The fourth-order valence-electron chi connectivity index (χ4n) is 1.63. The molecule has 1 fully saturated rings. The van der Waals surface area contributed by atoms with E-state index in [2.05, 4.69) is 15.4 Å². The number of hydrogen-bond acceptors (Lipinski definition) is 4. The molecule has 0 spiro atoms.